The summed E-state index contributed by atoms with van der Waals surface area (Å²) in [4.78, 5) is 32.6. The van der Waals surface area contributed by atoms with E-state index < -0.39 is 5.97 Å². The second-order valence-electron chi connectivity index (χ2n) is 7.74. The molecule has 11 heteroatoms. The van der Waals surface area contributed by atoms with Gasteiger partial charge in [-0.05, 0) is 25.8 Å². The molecule has 1 aliphatic rings. The molecule has 0 aliphatic heterocycles. The van der Waals surface area contributed by atoms with Crippen LogP contribution in [0.1, 0.15) is 55.6 Å². The Hall–Kier alpha value is -3.01. The van der Waals surface area contributed by atoms with E-state index in [0.29, 0.717) is 17.3 Å². The van der Waals surface area contributed by atoms with Crippen molar-refractivity contribution < 1.29 is 14.3 Å². The largest absolute Gasteiger partial charge is 0.459 e. The van der Waals surface area contributed by atoms with Crippen LogP contribution in [-0.2, 0) is 16.1 Å². The topological polar surface area (TPSA) is 117 Å². The maximum atomic E-state index is 12.3. The number of esters is 1. The minimum absolute atomic E-state index is 0.0109. The molecule has 0 saturated heterocycles. The standard InChI is InChI=1S/C20H24ClN7O3/c1-13(28-9-6-15-18(21)22-12-23-19(15)28)11-31-20(30)16-10-27(26-25-16)8-7-17(29)24-14-4-2-3-5-14/h6,9-10,12-14H,2-5,7-8,11H2,1H3,(H,24,29). The van der Waals surface area contributed by atoms with Crippen LogP contribution in [0.3, 0.4) is 0 Å². The number of ether oxygens (including phenoxy) is 1. The number of hydrogen-bond acceptors (Lipinski definition) is 7. The summed E-state index contributed by atoms with van der Waals surface area (Å²) in [5, 5.41) is 11.9. The molecular formula is C20H24ClN7O3. The molecule has 0 radical (unpaired) electrons. The maximum Gasteiger partial charge on any atom is 0.360 e. The van der Waals surface area contributed by atoms with Gasteiger partial charge in [0.25, 0.3) is 0 Å². The van der Waals surface area contributed by atoms with Gasteiger partial charge >= 0.3 is 5.97 Å². The minimum Gasteiger partial charge on any atom is -0.459 e. The SMILES string of the molecule is CC(COC(=O)c1cn(CCC(=O)NC2CCCC2)nn1)n1ccc2c(Cl)ncnc21. The Kier molecular flexibility index (Phi) is 6.45. The lowest BCUT2D eigenvalue weighted by atomic mass is 10.2. The highest BCUT2D eigenvalue weighted by Gasteiger charge is 2.19. The summed E-state index contributed by atoms with van der Waals surface area (Å²) in [6.07, 6.45) is 9.43. The van der Waals surface area contributed by atoms with Gasteiger partial charge in [-0.3, -0.25) is 9.48 Å². The Morgan fingerprint density at radius 3 is 2.94 bits per heavy atom. The van der Waals surface area contributed by atoms with Crippen molar-refractivity contribution in [2.24, 2.45) is 0 Å². The van der Waals surface area contributed by atoms with Crippen LogP contribution in [0.25, 0.3) is 11.0 Å². The number of hydrogen-bond donors (Lipinski definition) is 1. The summed E-state index contributed by atoms with van der Waals surface area (Å²) >= 11 is 6.08. The summed E-state index contributed by atoms with van der Waals surface area (Å²) in [5.41, 5.74) is 0.775. The number of aryl methyl sites for hydroxylation is 1. The molecule has 3 heterocycles. The number of nitrogens with zero attached hydrogens (tertiary/aromatic N) is 6. The summed E-state index contributed by atoms with van der Waals surface area (Å²) in [6.45, 7) is 2.38. The fourth-order valence-corrected chi connectivity index (χ4v) is 3.92. The summed E-state index contributed by atoms with van der Waals surface area (Å²) < 4.78 is 8.74. The van der Waals surface area contributed by atoms with Crippen LogP contribution in [0.2, 0.25) is 5.15 Å². The third-order valence-electron chi connectivity index (χ3n) is 5.43. The van der Waals surface area contributed by atoms with Gasteiger partial charge in [0.15, 0.2) is 5.69 Å². The van der Waals surface area contributed by atoms with Crippen molar-refractivity contribution in [3.63, 3.8) is 0 Å². The normalized spacial score (nSPS) is 15.3. The van der Waals surface area contributed by atoms with Crippen molar-refractivity contribution >= 4 is 34.5 Å². The third kappa shape index (κ3) is 5.01. The van der Waals surface area contributed by atoms with E-state index in [1.165, 1.54) is 30.0 Å². The van der Waals surface area contributed by atoms with Crippen molar-refractivity contribution in [3.8, 4) is 0 Å². The third-order valence-corrected chi connectivity index (χ3v) is 5.73. The van der Waals surface area contributed by atoms with Crippen LogP contribution in [0.5, 0.6) is 0 Å². The van der Waals surface area contributed by atoms with Crippen molar-refractivity contribution in [3.05, 3.63) is 35.6 Å². The molecule has 1 amide bonds. The van der Waals surface area contributed by atoms with Crippen LogP contribution >= 0.6 is 11.6 Å². The number of carbonyl (C=O) groups excluding carboxylic acids is 2. The molecule has 3 aromatic heterocycles. The van der Waals surface area contributed by atoms with Gasteiger partial charge in [0.05, 0.1) is 24.2 Å². The highest BCUT2D eigenvalue weighted by molar-refractivity contribution is 6.33. The molecule has 10 nitrogen and oxygen atoms in total. The number of carbonyl (C=O) groups is 2. The van der Waals surface area contributed by atoms with Gasteiger partial charge in [0.1, 0.15) is 23.7 Å². The zero-order chi connectivity index (χ0) is 21.8. The van der Waals surface area contributed by atoms with Gasteiger partial charge in [-0.25, -0.2) is 14.8 Å². The van der Waals surface area contributed by atoms with Gasteiger partial charge < -0.3 is 14.6 Å². The lowest BCUT2D eigenvalue weighted by Crippen LogP contribution is -2.33. The first-order valence-corrected chi connectivity index (χ1v) is 10.7. The average Bonchev–Trinajstić information content (AvgIpc) is 3.51. The van der Waals surface area contributed by atoms with Gasteiger partial charge in [0, 0.05) is 18.7 Å². The molecule has 0 aromatic carbocycles. The molecule has 1 N–H and O–H groups in total. The van der Waals surface area contributed by atoms with Crippen molar-refractivity contribution in [1.82, 2.24) is 34.8 Å². The van der Waals surface area contributed by atoms with Crippen molar-refractivity contribution in [2.75, 3.05) is 6.61 Å². The molecule has 0 spiro atoms. The number of amides is 1. The van der Waals surface area contributed by atoms with Crippen LogP contribution in [0, 0.1) is 0 Å². The average molecular weight is 446 g/mol. The Balaban J connectivity index is 1.27. The van der Waals surface area contributed by atoms with Gasteiger partial charge in [0.2, 0.25) is 5.91 Å². The van der Waals surface area contributed by atoms with Crippen molar-refractivity contribution in [1.29, 1.82) is 0 Å². The molecule has 1 aliphatic carbocycles. The van der Waals surface area contributed by atoms with Crippen LogP contribution in [0.4, 0.5) is 0 Å². The highest BCUT2D eigenvalue weighted by atomic mass is 35.5. The highest BCUT2D eigenvalue weighted by Crippen LogP contribution is 2.23. The molecule has 1 saturated carbocycles. The van der Waals surface area contributed by atoms with E-state index in [0.717, 1.165) is 18.2 Å². The lowest BCUT2D eigenvalue weighted by molar-refractivity contribution is -0.122. The second kappa shape index (κ2) is 9.42. The number of nitrogens with one attached hydrogen (secondary N) is 1. The van der Waals surface area contributed by atoms with Gasteiger partial charge in [-0.15, -0.1) is 5.10 Å². The van der Waals surface area contributed by atoms with E-state index in [-0.39, 0.29) is 36.7 Å². The summed E-state index contributed by atoms with van der Waals surface area (Å²) in [7, 11) is 0. The number of fused-ring (bicyclic) bond motifs is 1. The predicted molar refractivity (Wildman–Crippen MR) is 113 cm³/mol. The molecule has 4 rings (SSSR count). The van der Waals surface area contributed by atoms with E-state index in [1.54, 1.807) is 0 Å². The Labute approximate surface area is 183 Å². The number of rotatable bonds is 8. The molecule has 164 valence electrons. The zero-order valence-electron chi connectivity index (χ0n) is 17.2. The van der Waals surface area contributed by atoms with Crippen LogP contribution in [0.15, 0.2) is 24.8 Å². The number of aromatic nitrogens is 6. The van der Waals surface area contributed by atoms with Gasteiger partial charge in [-0.1, -0.05) is 29.7 Å². The second-order valence-corrected chi connectivity index (χ2v) is 8.10. The molecule has 1 fully saturated rings. The van der Waals surface area contributed by atoms with E-state index in [1.807, 2.05) is 23.8 Å². The van der Waals surface area contributed by atoms with Crippen LogP contribution in [-0.4, -0.2) is 54.1 Å². The van der Waals surface area contributed by atoms with E-state index in [9.17, 15) is 9.59 Å². The fraction of sp³-hybridized carbons (Fsp3) is 0.500. The zero-order valence-corrected chi connectivity index (χ0v) is 18.0. The molecule has 1 atom stereocenters. The van der Waals surface area contributed by atoms with E-state index >= 15 is 0 Å². The first-order valence-electron chi connectivity index (χ1n) is 10.3. The van der Waals surface area contributed by atoms with E-state index in [4.69, 9.17) is 16.3 Å². The predicted octanol–water partition coefficient (Wildman–Crippen LogP) is 2.54. The Bertz CT molecular complexity index is 1070. The fourth-order valence-electron chi connectivity index (χ4n) is 3.73. The van der Waals surface area contributed by atoms with Gasteiger partial charge in [-0.2, -0.15) is 0 Å². The molecular weight excluding hydrogens is 422 g/mol. The first-order chi connectivity index (χ1) is 15.0. The Morgan fingerprint density at radius 1 is 1.32 bits per heavy atom. The first kappa shape index (κ1) is 21.2. The summed E-state index contributed by atoms with van der Waals surface area (Å²) in [6, 6.07) is 1.95. The van der Waals surface area contributed by atoms with Crippen molar-refractivity contribution in [2.45, 2.75) is 57.7 Å². The monoisotopic (exact) mass is 445 g/mol. The molecule has 1 unspecified atom stereocenters. The molecule has 0 bridgehead atoms. The maximum absolute atomic E-state index is 12.3. The smallest absolute Gasteiger partial charge is 0.360 e. The lowest BCUT2D eigenvalue weighted by Gasteiger charge is -2.14. The minimum atomic E-state index is -0.572. The van der Waals surface area contributed by atoms with E-state index in [2.05, 4.69) is 25.6 Å². The summed E-state index contributed by atoms with van der Waals surface area (Å²) in [5.74, 6) is -0.583. The Morgan fingerprint density at radius 2 is 2.13 bits per heavy atom. The number of halogens is 1. The van der Waals surface area contributed by atoms with Crippen LogP contribution < -0.4 is 5.32 Å². The molecule has 3 aromatic rings. The quantitative estimate of drug-likeness (QED) is 0.418. The molecule has 31 heavy (non-hydrogen) atoms.